The van der Waals surface area contributed by atoms with Crippen molar-refractivity contribution in [2.24, 2.45) is 0 Å². The molecular formula is C31H46N2O3. The normalized spacial score (nSPS) is 10.5. The first-order valence-electron chi connectivity index (χ1n) is 13.4. The maximum Gasteiger partial charge on any atom is 0.260 e. The molecule has 0 radical (unpaired) electrons. The summed E-state index contributed by atoms with van der Waals surface area (Å²) >= 11 is 0. The van der Waals surface area contributed by atoms with Crippen LogP contribution in [-0.4, -0.2) is 16.5 Å². The van der Waals surface area contributed by atoms with Gasteiger partial charge in [0.2, 0.25) is 0 Å². The van der Waals surface area contributed by atoms with Crippen LogP contribution in [0.15, 0.2) is 60.8 Å². The summed E-state index contributed by atoms with van der Waals surface area (Å²) in [5.41, 5.74) is 1.43. The van der Waals surface area contributed by atoms with E-state index in [9.17, 15) is 4.79 Å². The average molecular weight is 495 g/mol. The zero-order chi connectivity index (χ0) is 26.8. The van der Waals surface area contributed by atoms with E-state index in [1.165, 1.54) is 44.9 Å². The molecule has 0 spiro atoms. The molecule has 0 bridgehead atoms. The number of carbonyl (C=O) groups excluding carboxylic acids is 1. The summed E-state index contributed by atoms with van der Waals surface area (Å²) in [5, 5.41) is 3.77. The fraction of sp³-hybridized carbons (Fsp3) is 0.484. The summed E-state index contributed by atoms with van der Waals surface area (Å²) < 4.78 is 0. The Morgan fingerprint density at radius 2 is 1.47 bits per heavy atom. The van der Waals surface area contributed by atoms with E-state index in [1.54, 1.807) is 32.2 Å². The highest BCUT2D eigenvalue weighted by atomic mass is 17.2. The zero-order valence-corrected chi connectivity index (χ0v) is 23.4. The molecule has 0 aliphatic carbocycles. The molecule has 2 aromatic carbocycles. The summed E-state index contributed by atoms with van der Waals surface area (Å²) in [5.74, 6) is 0.218. The molecular weight excluding hydrogens is 448 g/mol. The molecule has 0 aliphatic rings. The third kappa shape index (κ3) is 11.7. The van der Waals surface area contributed by atoms with Crippen molar-refractivity contribution in [3.63, 3.8) is 0 Å². The Morgan fingerprint density at radius 3 is 2.08 bits per heavy atom. The molecule has 36 heavy (non-hydrogen) atoms. The number of fused-ring (bicyclic) bond motifs is 1. The molecule has 5 heteroatoms. The Bertz CT molecular complexity index is 994. The maximum absolute atomic E-state index is 12.5. The van der Waals surface area contributed by atoms with Gasteiger partial charge in [0.1, 0.15) is 0 Å². The van der Waals surface area contributed by atoms with Crippen molar-refractivity contribution in [1.29, 1.82) is 0 Å². The van der Waals surface area contributed by atoms with Crippen LogP contribution in [0, 0.1) is 6.92 Å². The summed E-state index contributed by atoms with van der Waals surface area (Å²) in [4.78, 5) is 27.5. The molecule has 1 amide bonds. The van der Waals surface area contributed by atoms with Crippen molar-refractivity contribution in [3.05, 3.63) is 66.4 Å². The minimum atomic E-state index is -1.17. The van der Waals surface area contributed by atoms with Crippen LogP contribution in [0.5, 0.6) is 5.75 Å². The highest BCUT2D eigenvalue weighted by Crippen LogP contribution is 2.20. The molecule has 5 nitrogen and oxygen atoms in total. The molecule has 0 saturated heterocycles. The largest absolute Gasteiger partial charge is 0.336 e. The van der Waals surface area contributed by atoms with Crippen LogP contribution in [0.2, 0.25) is 0 Å². The van der Waals surface area contributed by atoms with E-state index < -0.39 is 5.60 Å². The van der Waals surface area contributed by atoms with E-state index in [4.69, 9.17) is 9.78 Å². The van der Waals surface area contributed by atoms with Crippen molar-refractivity contribution in [2.45, 2.75) is 99.0 Å². The number of hydrogen-bond donors (Lipinski definition) is 1. The van der Waals surface area contributed by atoms with Crippen molar-refractivity contribution in [3.8, 4) is 5.75 Å². The number of anilines is 1. The van der Waals surface area contributed by atoms with Gasteiger partial charge in [0.15, 0.2) is 11.4 Å². The summed E-state index contributed by atoms with van der Waals surface area (Å²) in [6, 6.07) is 17.0. The SMILES string of the molecule is CC.CCCCCCCCC.Cc1ccc(OOC(C)(C)C(=O)Nc2cnc3ccccc3c2)cc1. The lowest BCUT2D eigenvalue weighted by molar-refractivity contribution is -0.270. The van der Waals surface area contributed by atoms with E-state index in [2.05, 4.69) is 24.1 Å². The second-order valence-electron chi connectivity index (χ2n) is 9.13. The number of carbonyl (C=O) groups is 1. The predicted molar refractivity (Wildman–Crippen MR) is 152 cm³/mol. The van der Waals surface area contributed by atoms with Gasteiger partial charge in [-0.2, -0.15) is 4.89 Å². The first-order valence-corrected chi connectivity index (χ1v) is 13.4. The quantitative estimate of drug-likeness (QED) is 0.164. The van der Waals surface area contributed by atoms with Crippen molar-refractivity contribution >= 4 is 22.5 Å². The highest BCUT2D eigenvalue weighted by molar-refractivity contribution is 5.98. The molecule has 1 aromatic heterocycles. The molecule has 0 fully saturated rings. The monoisotopic (exact) mass is 494 g/mol. The second-order valence-corrected chi connectivity index (χ2v) is 9.13. The minimum absolute atomic E-state index is 0.323. The topological polar surface area (TPSA) is 60.5 Å². The third-order valence-electron chi connectivity index (χ3n) is 5.47. The summed E-state index contributed by atoms with van der Waals surface area (Å²) in [6.45, 7) is 13.8. The number of aromatic nitrogens is 1. The maximum atomic E-state index is 12.5. The van der Waals surface area contributed by atoms with Gasteiger partial charge in [0.25, 0.3) is 5.91 Å². The Labute approximate surface area is 218 Å². The predicted octanol–water partition coefficient (Wildman–Crippen LogP) is 9.05. The molecule has 198 valence electrons. The van der Waals surface area contributed by atoms with Crippen molar-refractivity contribution in [2.75, 3.05) is 5.32 Å². The average Bonchev–Trinajstić information content (AvgIpc) is 2.90. The van der Waals surface area contributed by atoms with Crippen LogP contribution in [0.4, 0.5) is 5.69 Å². The molecule has 0 atom stereocenters. The molecule has 0 unspecified atom stereocenters. The Balaban J connectivity index is 0.000000500. The van der Waals surface area contributed by atoms with Crippen LogP contribution in [0.25, 0.3) is 10.9 Å². The van der Waals surface area contributed by atoms with Gasteiger partial charge in [-0.1, -0.05) is 109 Å². The number of pyridine rings is 1. The van der Waals surface area contributed by atoms with Gasteiger partial charge in [0.05, 0.1) is 17.4 Å². The van der Waals surface area contributed by atoms with Crippen LogP contribution < -0.4 is 10.2 Å². The number of benzene rings is 2. The van der Waals surface area contributed by atoms with Crippen molar-refractivity contribution < 1.29 is 14.6 Å². The number of rotatable bonds is 11. The Morgan fingerprint density at radius 1 is 0.889 bits per heavy atom. The Hall–Kier alpha value is -2.92. The Kier molecular flexibility index (Phi) is 15.1. The molecule has 3 rings (SSSR count). The molecule has 1 N–H and O–H groups in total. The van der Waals surface area contributed by atoms with Gasteiger partial charge < -0.3 is 10.2 Å². The molecule has 3 aromatic rings. The number of aryl methyl sites for hydroxylation is 1. The lowest BCUT2D eigenvalue weighted by atomic mass is 10.1. The van der Waals surface area contributed by atoms with E-state index in [0.717, 1.165) is 16.5 Å². The van der Waals surface area contributed by atoms with E-state index >= 15 is 0 Å². The van der Waals surface area contributed by atoms with Gasteiger partial charge in [-0.15, -0.1) is 0 Å². The minimum Gasteiger partial charge on any atom is -0.336 e. The lowest BCUT2D eigenvalue weighted by Gasteiger charge is -2.22. The standard InChI is InChI=1S/C20H20N2O3.C9H20.C2H6/c1-14-8-10-17(11-9-14)24-25-20(2,3)19(23)22-16-12-15-6-4-5-7-18(15)21-13-16;1-3-5-7-9-8-6-4-2;1-2/h4-13H,1-3H3,(H,22,23);3-9H2,1-2H3;1-2H3. The summed E-state index contributed by atoms with van der Waals surface area (Å²) in [7, 11) is 0. The van der Waals surface area contributed by atoms with E-state index in [1.807, 2.05) is 63.2 Å². The third-order valence-corrected chi connectivity index (χ3v) is 5.47. The summed E-state index contributed by atoms with van der Waals surface area (Å²) in [6.07, 6.45) is 11.6. The van der Waals surface area contributed by atoms with Crippen LogP contribution in [0.1, 0.15) is 92.1 Å². The van der Waals surface area contributed by atoms with Gasteiger partial charge >= 0.3 is 0 Å². The number of amides is 1. The highest BCUT2D eigenvalue weighted by Gasteiger charge is 2.31. The smallest absolute Gasteiger partial charge is 0.260 e. The second kappa shape index (κ2) is 17.5. The molecule has 1 heterocycles. The van der Waals surface area contributed by atoms with Crippen molar-refractivity contribution in [1.82, 2.24) is 4.98 Å². The number of nitrogens with one attached hydrogen (secondary N) is 1. The van der Waals surface area contributed by atoms with E-state index in [0.29, 0.717) is 11.4 Å². The van der Waals surface area contributed by atoms with Gasteiger partial charge in [-0.3, -0.25) is 9.78 Å². The number of hydrogen-bond acceptors (Lipinski definition) is 4. The fourth-order valence-electron chi connectivity index (χ4n) is 3.24. The van der Waals surface area contributed by atoms with Gasteiger partial charge in [-0.25, -0.2) is 0 Å². The first-order chi connectivity index (χ1) is 17.4. The number of unbranched alkanes of at least 4 members (excludes halogenated alkanes) is 6. The molecule has 0 saturated carbocycles. The molecule has 0 aliphatic heterocycles. The lowest BCUT2D eigenvalue weighted by Crippen LogP contribution is -2.40. The van der Waals surface area contributed by atoms with Crippen LogP contribution >= 0.6 is 0 Å². The van der Waals surface area contributed by atoms with Gasteiger partial charge in [-0.05, 0) is 45.0 Å². The fourth-order valence-corrected chi connectivity index (χ4v) is 3.24. The zero-order valence-electron chi connectivity index (χ0n) is 23.4. The number of nitrogens with zero attached hydrogens (tertiary/aromatic N) is 1. The van der Waals surface area contributed by atoms with E-state index in [-0.39, 0.29) is 5.91 Å². The van der Waals surface area contributed by atoms with Crippen LogP contribution in [0.3, 0.4) is 0 Å². The number of para-hydroxylation sites is 1. The van der Waals surface area contributed by atoms with Gasteiger partial charge in [0, 0.05) is 5.39 Å². The van der Waals surface area contributed by atoms with Crippen LogP contribution in [-0.2, 0) is 9.68 Å². The first kappa shape index (κ1) is 31.1.